The van der Waals surface area contributed by atoms with Crippen molar-refractivity contribution >= 4 is 34.8 Å². The van der Waals surface area contributed by atoms with Gasteiger partial charge in [0, 0.05) is 16.8 Å². The highest BCUT2D eigenvalue weighted by Crippen LogP contribution is 2.15. The van der Waals surface area contributed by atoms with E-state index >= 15 is 0 Å². The molecule has 0 unspecified atom stereocenters. The molecule has 0 aliphatic heterocycles. The maximum Gasteiger partial charge on any atom is 0.336 e. The second-order valence-electron chi connectivity index (χ2n) is 4.25. The van der Waals surface area contributed by atoms with Gasteiger partial charge in [0.25, 0.3) is 0 Å². The van der Waals surface area contributed by atoms with Crippen LogP contribution in [0, 0.1) is 0 Å². The number of carbonyl (C=O) groups excluding carboxylic acids is 1. The van der Waals surface area contributed by atoms with Crippen molar-refractivity contribution in [2.45, 2.75) is 0 Å². The van der Waals surface area contributed by atoms with Crippen molar-refractivity contribution in [1.29, 1.82) is 0 Å². The molecule has 0 bridgehead atoms. The zero-order chi connectivity index (χ0) is 15.4. The maximum absolute atomic E-state index is 11.2. The molecule has 1 amide bonds. The minimum Gasteiger partial charge on any atom is -0.478 e. The molecule has 0 aromatic heterocycles. The van der Waals surface area contributed by atoms with E-state index in [9.17, 15) is 9.59 Å². The summed E-state index contributed by atoms with van der Waals surface area (Å²) in [7, 11) is 0. The van der Waals surface area contributed by atoms with Crippen LogP contribution in [0.25, 0.3) is 0 Å². The van der Waals surface area contributed by atoms with Crippen LogP contribution in [0.5, 0.6) is 0 Å². The largest absolute Gasteiger partial charge is 0.478 e. The minimum atomic E-state index is -1.05. The monoisotopic (exact) mass is 300 g/mol. The predicted molar refractivity (Wildman–Crippen MR) is 83.7 cm³/mol. The van der Waals surface area contributed by atoms with Gasteiger partial charge in [-0.1, -0.05) is 36.5 Å². The Labute approximate surface area is 126 Å². The summed E-state index contributed by atoms with van der Waals surface area (Å²) >= 11 is 5.23. The number of aromatic carboxylic acids is 1. The van der Waals surface area contributed by atoms with Gasteiger partial charge in [0.05, 0.1) is 5.56 Å². The standard InChI is InChI=1S/C15H12N2O3S/c16-13(18)9-4-3-5-10(8-9)17-14(21)11-6-1-2-7-12(11)15(19)20/h1-8H,(H2,16,18)(H,17,21)(H,19,20). The van der Waals surface area contributed by atoms with Crippen LogP contribution in [0.15, 0.2) is 48.5 Å². The summed E-state index contributed by atoms with van der Waals surface area (Å²) in [6, 6.07) is 12.9. The number of hydrogen-bond acceptors (Lipinski definition) is 3. The Morgan fingerprint density at radius 3 is 2.33 bits per heavy atom. The second-order valence-corrected chi connectivity index (χ2v) is 4.66. The van der Waals surface area contributed by atoms with Crippen molar-refractivity contribution in [1.82, 2.24) is 0 Å². The van der Waals surface area contributed by atoms with E-state index in [1.54, 1.807) is 42.5 Å². The summed E-state index contributed by atoms with van der Waals surface area (Å²) in [5, 5.41) is 12.1. The highest BCUT2D eigenvalue weighted by atomic mass is 32.1. The minimum absolute atomic E-state index is 0.112. The second kappa shape index (κ2) is 6.15. The Bertz CT molecular complexity index is 728. The third kappa shape index (κ3) is 3.43. The number of amides is 1. The van der Waals surface area contributed by atoms with Crippen molar-refractivity contribution in [3.05, 3.63) is 65.2 Å². The van der Waals surface area contributed by atoms with E-state index in [-0.39, 0.29) is 10.6 Å². The summed E-state index contributed by atoms with van der Waals surface area (Å²) in [6.07, 6.45) is 0. The van der Waals surface area contributed by atoms with Crippen molar-refractivity contribution in [3.63, 3.8) is 0 Å². The molecule has 0 saturated carbocycles. The Kier molecular flexibility index (Phi) is 4.30. The normalized spacial score (nSPS) is 9.90. The number of carboxylic acid groups (broad SMARTS) is 1. The lowest BCUT2D eigenvalue weighted by Crippen LogP contribution is -2.16. The number of primary amides is 1. The van der Waals surface area contributed by atoms with E-state index in [0.717, 1.165) is 0 Å². The highest BCUT2D eigenvalue weighted by Gasteiger charge is 2.13. The van der Waals surface area contributed by atoms with E-state index < -0.39 is 11.9 Å². The number of anilines is 1. The van der Waals surface area contributed by atoms with Gasteiger partial charge in [-0.05, 0) is 24.3 Å². The van der Waals surface area contributed by atoms with Crippen LogP contribution in [0.2, 0.25) is 0 Å². The molecule has 0 fully saturated rings. The number of nitrogens with one attached hydrogen (secondary N) is 1. The lowest BCUT2D eigenvalue weighted by molar-refractivity contribution is 0.0696. The first-order valence-corrected chi connectivity index (χ1v) is 6.43. The van der Waals surface area contributed by atoms with E-state index in [2.05, 4.69) is 5.32 Å². The molecule has 0 radical (unpaired) electrons. The van der Waals surface area contributed by atoms with Gasteiger partial charge in [-0.15, -0.1) is 0 Å². The lowest BCUT2D eigenvalue weighted by Gasteiger charge is -2.11. The van der Waals surface area contributed by atoms with Crippen LogP contribution in [0.4, 0.5) is 5.69 Å². The number of thiocarbonyl (C=S) groups is 1. The van der Waals surface area contributed by atoms with Gasteiger partial charge in [0.1, 0.15) is 4.99 Å². The molecule has 0 aliphatic carbocycles. The van der Waals surface area contributed by atoms with Gasteiger partial charge in [-0.3, -0.25) is 4.79 Å². The Morgan fingerprint density at radius 2 is 1.71 bits per heavy atom. The van der Waals surface area contributed by atoms with Gasteiger partial charge in [0.2, 0.25) is 5.91 Å². The zero-order valence-electron chi connectivity index (χ0n) is 10.9. The molecule has 0 atom stereocenters. The molecule has 0 spiro atoms. The fourth-order valence-corrected chi connectivity index (χ4v) is 2.11. The Hall–Kier alpha value is -2.73. The smallest absolute Gasteiger partial charge is 0.336 e. The molecular formula is C15H12N2O3S. The Morgan fingerprint density at radius 1 is 1.05 bits per heavy atom. The molecule has 106 valence electrons. The van der Waals surface area contributed by atoms with Crippen LogP contribution in [-0.2, 0) is 0 Å². The van der Waals surface area contributed by atoms with Gasteiger partial charge in [-0.2, -0.15) is 0 Å². The molecule has 2 aromatic rings. The average molecular weight is 300 g/mol. The molecule has 0 aliphatic rings. The van der Waals surface area contributed by atoms with Crippen LogP contribution in [0.1, 0.15) is 26.3 Å². The van der Waals surface area contributed by atoms with Gasteiger partial charge in [-0.25, -0.2) is 4.79 Å². The third-order valence-electron chi connectivity index (χ3n) is 2.81. The molecule has 5 nitrogen and oxygen atoms in total. The molecule has 6 heteroatoms. The number of rotatable bonds is 4. The predicted octanol–water partition coefficient (Wildman–Crippen LogP) is 2.27. The quantitative estimate of drug-likeness (QED) is 0.753. The summed E-state index contributed by atoms with van der Waals surface area (Å²) in [5.74, 6) is -1.60. The zero-order valence-corrected chi connectivity index (χ0v) is 11.7. The van der Waals surface area contributed by atoms with E-state index in [1.165, 1.54) is 6.07 Å². The Balaban J connectivity index is 2.28. The molecule has 0 heterocycles. The van der Waals surface area contributed by atoms with Crippen LogP contribution >= 0.6 is 12.2 Å². The number of carboxylic acids is 1. The van der Waals surface area contributed by atoms with Crippen molar-refractivity contribution < 1.29 is 14.7 Å². The molecule has 2 rings (SSSR count). The molecule has 2 aromatic carbocycles. The van der Waals surface area contributed by atoms with Crippen molar-refractivity contribution in [3.8, 4) is 0 Å². The topological polar surface area (TPSA) is 92.4 Å². The molecule has 4 N–H and O–H groups in total. The molecular weight excluding hydrogens is 288 g/mol. The van der Waals surface area contributed by atoms with Crippen molar-refractivity contribution in [2.75, 3.05) is 5.32 Å². The fraction of sp³-hybridized carbons (Fsp3) is 0. The van der Waals surface area contributed by atoms with Crippen molar-refractivity contribution in [2.24, 2.45) is 5.73 Å². The highest BCUT2D eigenvalue weighted by molar-refractivity contribution is 7.81. The van der Waals surface area contributed by atoms with Gasteiger partial charge < -0.3 is 16.2 Å². The summed E-state index contributed by atoms with van der Waals surface area (Å²) in [4.78, 5) is 22.6. The van der Waals surface area contributed by atoms with Gasteiger partial charge in [0.15, 0.2) is 0 Å². The maximum atomic E-state index is 11.2. The first kappa shape index (κ1) is 14.7. The van der Waals surface area contributed by atoms with Crippen LogP contribution in [-0.4, -0.2) is 22.0 Å². The van der Waals surface area contributed by atoms with E-state index in [0.29, 0.717) is 16.8 Å². The average Bonchev–Trinajstić information content (AvgIpc) is 2.47. The third-order valence-corrected chi connectivity index (χ3v) is 3.13. The summed E-state index contributed by atoms with van der Waals surface area (Å²) in [5.41, 5.74) is 6.64. The SMILES string of the molecule is NC(=O)c1cccc(NC(=S)c2ccccc2C(=O)O)c1. The van der Waals surface area contributed by atoms with E-state index in [1.807, 2.05) is 0 Å². The first-order chi connectivity index (χ1) is 9.99. The number of nitrogens with two attached hydrogens (primary N) is 1. The lowest BCUT2D eigenvalue weighted by atomic mass is 10.1. The van der Waals surface area contributed by atoms with E-state index in [4.69, 9.17) is 23.1 Å². The first-order valence-electron chi connectivity index (χ1n) is 6.02. The summed E-state index contributed by atoms with van der Waals surface area (Å²) < 4.78 is 0. The number of carbonyl (C=O) groups is 2. The fourth-order valence-electron chi connectivity index (χ4n) is 1.82. The number of hydrogen-bond donors (Lipinski definition) is 3. The molecule has 21 heavy (non-hydrogen) atoms. The van der Waals surface area contributed by atoms with Gasteiger partial charge >= 0.3 is 5.97 Å². The molecule has 0 saturated heterocycles. The number of benzene rings is 2. The van der Waals surface area contributed by atoms with Crippen LogP contribution < -0.4 is 11.1 Å². The van der Waals surface area contributed by atoms with Crippen LogP contribution in [0.3, 0.4) is 0 Å². The summed E-state index contributed by atoms with van der Waals surface area (Å²) in [6.45, 7) is 0.